The van der Waals surface area contributed by atoms with E-state index < -0.39 is 5.97 Å². The Morgan fingerprint density at radius 3 is 2.91 bits per heavy atom. The minimum absolute atomic E-state index is 0.676. The lowest BCUT2D eigenvalue weighted by Crippen LogP contribution is -2.28. The molecule has 0 aromatic rings. The second-order valence-corrected chi connectivity index (χ2v) is 6.93. The minimum atomic E-state index is -0.839. The van der Waals surface area contributed by atoms with E-state index in [0.717, 1.165) is 30.6 Å². The Morgan fingerprint density at radius 2 is 2.18 bits per heavy atom. The van der Waals surface area contributed by atoms with Crippen LogP contribution in [0.15, 0.2) is 36.0 Å². The standard InChI is InChI=1S/C20H30O2/c1-3-16-11-13-19-17(14-16)12-10-15(2)18(19)8-6-4-5-7-9-20(21)22/h7,9-10,12,14-16,18-19H,3-6,8,11,13H2,1-2H3,(H,21,22)/b9-7-/t15-,16+,18-,19?/m0/s1. The SMILES string of the molecule is CC[C@H]1C=C2C=C[C@H](C)[C@H](CCCC/C=C\C(=O)O)C2CC1. The van der Waals surface area contributed by atoms with Crippen LogP contribution in [0.2, 0.25) is 0 Å². The molecular weight excluding hydrogens is 272 g/mol. The van der Waals surface area contributed by atoms with Gasteiger partial charge in [0, 0.05) is 6.08 Å². The van der Waals surface area contributed by atoms with E-state index >= 15 is 0 Å². The lowest BCUT2D eigenvalue weighted by molar-refractivity contribution is -0.131. The molecule has 0 saturated heterocycles. The second-order valence-electron chi connectivity index (χ2n) is 6.93. The smallest absolute Gasteiger partial charge is 0.327 e. The average molecular weight is 302 g/mol. The van der Waals surface area contributed by atoms with Gasteiger partial charge >= 0.3 is 5.97 Å². The van der Waals surface area contributed by atoms with Crippen LogP contribution in [0.5, 0.6) is 0 Å². The normalized spacial score (nSPS) is 31.1. The van der Waals surface area contributed by atoms with Gasteiger partial charge in [0.1, 0.15) is 0 Å². The fourth-order valence-corrected chi connectivity index (χ4v) is 4.06. The molecule has 0 spiro atoms. The van der Waals surface area contributed by atoms with Gasteiger partial charge in [0.2, 0.25) is 0 Å². The van der Waals surface area contributed by atoms with E-state index in [1.807, 2.05) is 0 Å². The number of hydrogen-bond donors (Lipinski definition) is 1. The molecule has 2 nitrogen and oxygen atoms in total. The molecule has 0 bridgehead atoms. The molecule has 1 unspecified atom stereocenters. The van der Waals surface area contributed by atoms with Crippen LogP contribution in [0.4, 0.5) is 0 Å². The molecule has 0 aliphatic heterocycles. The third-order valence-electron chi connectivity index (χ3n) is 5.43. The zero-order valence-corrected chi connectivity index (χ0v) is 14.0. The number of allylic oxidation sites excluding steroid dienone is 5. The number of carbonyl (C=O) groups is 1. The van der Waals surface area contributed by atoms with E-state index in [9.17, 15) is 4.79 Å². The van der Waals surface area contributed by atoms with Gasteiger partial charge in [-0.25, -0.2) is 4.79 Å². The van der Waals surface area contributed by atoms with Gasteiger partial charge in [-0.1, -0.05) is 44.6 Å². The quantitative estimate of drug-likeness (QED) is 0.507. The maximum Gasteiger partial charge on any atom is 0.327 e. The maximum absolute atomic E-state index is 10.4. The van der Waals surface area contributed by atoms with Crippen molar-refractivity contribution < 1.29 is 9.90 Å². The van der Waals surface area contributed by atoms with Gasteiger partial charge in [-0.2, -0.15) is 0 Å². The maximum atomic E-state index is 10.4. The molecule has 4 atom stereocenters. The fraction of sp³-hybridized carbons (Fsp3) is 0.650. The zero-order valence-electron chi connectivity index (χ0n) is 14.0. The van der Waals surface area contributed by atoms with Gasteiger partial charge in [-0.05, 0) is 67.8 Å². The van der Waals surface area contributed by atoms with Crippen molar-refractivity contribution >= 4 is 5.97 Å². The summed E-state index contributed by atoms with van der Waals surface area (Å²) in [6, 6.07) is 0. The van der Waals surface area contributed by atoms with E-state index in [4.69, 9.17) is 5.11 Å². The van der Waals surface area contributed by atoms with E-state index in [1.165, 1.54) is 38.2 Å². The van der Waals surface area contributed by atoms with Crippen molar-refractivity contribution in [3.63, 3.8) is 0 Å². The van der Waals surface area contributed by atoms with Crippen LogP contribution in [0.25, 0.3) is 0 Å². The number of unbranched alkanes of at least 4 members (excludes halogenated alkanes) is 2. The van der Waals surface area contributed by atoms with Crippen molar-refractivity contribution in [2.45, 2.75) is 58.8 Å². The number of rotatable bonds is 7. The molecule has 2 heteroatoms. The average Bonchev–Trinajstić information content (AvgIpc) is 2.51. The first-order valence-electron chi connectivity index (χ1n) is 8.91. The highest BCUT2D eigenvalue weighted by atomic mass is 16.4. The molecule has 0 fully saturated rings. The van der Waals surface area contributed by atoms with Gasteiger partial charge in [-0.15, -0.1) is 0 Å². The molecule has 1 N–H and O–H groups in total. The van der Waals surface area contributed by atoms with Crippen molar-refractivity contribution in [3.05, 3.63) is 36.0 Å². The first-order chi connectivity index (χ1) is 10.6. The van der Waals surface area contributed by atoms with Crippen LogP contribution in [0.3, 0.4) is 0 Å². The van der Waals surface area contributed by atoms with Crippen molar-refractivity contribution in [3.8, 4) is 0 Å². The van der Waals surface area contributed by atoms with Crippen LogP contribution in [0.1, 0.15) is 58.8 Å². The summed E-state index contributed by atoms with van der Waals surface area (Å²) >= 11 is 0. The van der Waals surface area contributed by atoms with Gasteiger partial charge < -0.3 is 5.11 Å². The Morgan fingerprint density at radius 1 is 1.36 bits per heavy atom. The molecule has 2 rings (SSSR count). The van der Waals surface area contributed by atoms with E-state index in [0.29, 0.717) is 5.92 Å². The van der Waals surface area contributed by atoms with Crippen molar-refractivity contribution in [1.29, 1.82) is 0 Å². The van der Waals surface area contributed by atoms with E-state index in [-0.39, 0.29) is 0 Å². The summed E-state index contributed by atoms with van der Waals surface area (Å²) in [5, 5.41) is 8.58. The molecule has 22 heavy (non-hydrogen) atoms. The molecular formula is C20H30O2. The van der Waals surface area contributed by atoms with Crippen LogP contribution in [0, 0.1) is 23.7 Å². The topological polar surface area (TPSA) is 37.3 Å². The van der Waals surface area contributed by atoms with Crippen LogP contribution in [-0.2, 0) is 4.79 Å². The van der Waals surface area contributed by atoms with Gasteiger partial charge in [0.05, 0.1) is 0 Å². The van der Waals surface area contributed by atoms with Crippen molar-refractivity contribution in [1.82, 2.24) is 0 Å². The molecule has 0 heterocycles. The predicted octanol–water partition coefficient (Wildman–Crippen LogP) is 5.37. The Bertz CT molecular complexity index is 458. The number of carboxylic acid groups (broad SMARTS) is 1. The molecule has 2 aliphatic rings. The third kappa shape index (κ3) is 4.59. The first kappa shape index (κ1) is 17.1. The zero-order chi connectivity index (χ0) is 15.9. The summed E-state index contributed by atoms with van der Waals surface area (Å²) in [7, 11) is 0. The lowest BCUT2D eigenvalue weighted by Gasteiger charge is -2.39. The summed E-state index contributed by atoms with van der Waals surface area (Å²) in [5.41, 5.74) is 1.59. The summed E-state index contributed by atoms with van der Waals surface area (Å²) in [6.45, 7) is 4.65. The van der Waals surface area contributed by atoms with E-state index in [1.54, 1.807) is 11.6 Å². The Kier molecular flexibility index (Phi) is 6.48. The minimum Gasteiger partial charge on any atom is -0.478 e. The number of hydrogen-bond acceptors (Lipinski definition) is 1. The highest BCUT2D eigenvalue weighted by Gasteiger charge is 2.32. The fourth-order valence-electron chi connectivity index (χ4n) is 4.06. The van der Waals surface area contributed by atoms with Gasteiger partial charge in [-0.3, -0.25) is 0 Å². The summed E-state index contributed by atoms with van der Waals surface area (Å²) in [5.74, 6) is 2.16. The Balaban J connectivity index is 1.85. The van der Waals surface area contributed by atoms with Crippen molar-refractivity contribution in [2.24, 2.45) is 23.7 Å². The number of aliphatic carboxylic acids is 1. The van der Waals surface area contributed by atoms with Crippen LogP contribution in [-0.4, -0.2) is 11.1 Å². The molecule has 0 aromatic carbocycles. The predicted molar refractivity (Wildman–Crippen MR) is 91.6 cm³/mol. The molecule has 0 aromatic heterocycles. The Hall–Kier alpha value is -1.31. The third-order valence-corrected chi connectivity index (χ3v) is 5.43. The highest BCUT2D eigenvalue weighted by molar-refractivity contribution is 5.79. The van der Waals surface area contributed by atoms with Crippen molar-refractivity contribution in [2.75, 3.05) is 0 Å². The summed E-state index contributed by atoms with van der Waals surface area (Å²) in [6.07, 6.45) is 18.8. The van der Waals surface area contributed by atoms with Crippen LogP contribution < -0.4 is 0 Å². The van der Waals surface area contributed by atoms with Crippen LogP contribution >= 0.6 is 0 Å². The first-order valence-corrected chi connectivity index (χ1v) is 8.91. The molecule has 2 aliphatic carbocycles. The summed E-state index contributed by atoms with van der Waals surface area (Å²) in [4.78, 5) is 10.4. The monoisotopic (exact) mass is 302 g/mol. The Labute approximate surface area is 135 Å². The second kappa shape index (κ2) is 8.36. The molecule has 0 saturated carbocycles. The molecule has 122 valence electrons. The lowest BCUT2D eigenvalue weighted by atomic mass is 9.66. The highest BCUT2D eigenvalue weighted by Crippen LogP contribution is 2.43. The molecule has 0 amide bonds. The summed E-state index contributed by atoms with van der Waals surface area (Å²) < 4.78 is 0. The van der Waals surface area contributed by atoms with Gasteiger partial charge in [0.25, 0.3) is 0 Å². The number of fused-ring (bicyclic) bond motifs is 1. The molecule has 0 radical (unpaired) electrons. The largest absolute Gasteiger partial charge is 0.478 e. The van der Waals surface area contributed by atoms with E-state index in [2.05, 4.69) is 32.1 Å². The van der Waals surface area contributed by atoms with Gasteiger partial charge in [0.15, 0.2) is 0 Å². The number of carboxylic acids is 1.